The van der Waals surface area contributed by atoms with E-state index in [9.17, 15) is 0 Å². The van der Waals surface area contributed by atoms with Gasteiger partial charge < -0.3 is 10.6 Å². The van der Waals surface area contributed by atoms with Crippen molar-refractivity contribution in [2.75, 3.05) is 32.7 Å². The summed E-state index contributed by atoms with van der Waals surface area (Å²) in [5.41, 5.74) is 7.71. The van der Waals surface area contributed by atoms with Gasteiger partial charge in [-0.1, -0.05) is 0 Å². The molecule has 2 unspecified atom stereocenters. The van der Waals surface area contributed by atoms with Gasteiger partial charge in [0.05, 0.1) is 6.04 Å². The van der Waals surface area contributed by atoms with E-state index in [0.29, 0.717) is 6.04 Å². The Bertz CT molecular complexity index is 431. The highest BCUT2D eigenvalue weighted by atomic mass is 32.1. The fraction of sp³-hybridized carbons (Fsp3) is 0.750. The number of hydrogen-bond acceptors (Lipinski definition) is 4. The van der Waals surface area contributed by atoms with Gasteiger partial charge in [-0.2, -0.15) is 0 Å². The van der Waals surface area contributed by atoms with Crippen LogP contribution in [0.5, 0.6) is 0 Å². The normalized spacial score (nSPS) is 24.8. The summed E-state index contributed by atoms with van der Waals surface area (Å²) in [6.45, 7) is 10.4. The van der Waals surface area contributed by atoms with Gasteiger partial charge in [-0.3, -0.25) is 4.90 Å². The lowest BCUT2D eigenvalue weighted by Gasteiger charge is -2.40. The van der Waals surface area contributed by atoms with Gasteiger partial charge in [-0.15, -0.1) is 11.3 Å². The molecule has 2 fully saturated rings. The summed E-state index contributed by atoms with van der Waals surface area (Å²) >= 11 is 1.87. The van der Waals surface area contributed by atoms with E-state index in [1.165, 1.54) is 42.9 Å². The van der Waals surface area contributed by atoms with Crippen LogP contribution in [0.3, 0.4) is 0 Å². The van der Waals surface area contributed by atoms with Gasteiger partial charge in [0.25, 0.3) is 0 Å². The first-order valence-electron chi connectivity index (χ1n) is 7.91. The van der Waals surface area contributed by atoms with Gasteiger partial charge in [0.15, 0.2) is 0 Å². The van der Waals surface area contributed by atoms with Gasteiger partial charge in [0.2, 0.25) is 0 Å². The van der Waals surface area contributed by atoms with E-state index in [1.807, 2.05) is 11.3 Å². The molecule has 0 bridgehead atoms. The molecule has 4 heteroatoms. The molecule has 0 amide bonds. The minimum atomic E-state index is 0.197. The quantitative estimate of drug-likeness (QED) is 0.905. The molecule has 1 aromatic rings. The van der Waals surface area contributed by atoms with E-state index in [0.717, 1.165) is 19.0 Å². The zero-order valence-electron chi connectivity index (χ0n) is 12.7. The van der Waals surface area contributed by atoms with Crippen LogP contribution in [0.25, 0.3) is 0 Å². The molecule has 1 aliphatic heterocycles. The first kappa shape index (κ1) is 14.5. The maximum atomic E-state index is 6.30. The lowest BCUT2D eigenvalue weighted by molar-refractivity contribution is 0.0854. The Morgan fingerprint density at radius 2 is 2.00 bits per heavy atom. The fourth-order valence-corrected chi connectivity index (χ4v) is 4.49. The largest absolute Gasteiger partial charge is 0.326 e. The molecule has 1 aliphatic carbocycles. The van der Waals surface area contributed by atoms with Crippen LogP contribution in [0.2, 0.25) is 0 Å². The second kappa shape index (κ2) is 6.14. The van der Waals surface area contributed by atoms with E-state index in [-0.39, 0.29) is 6.04 Å². The summed E-state index contributed by atoms with van der Waals surface area (Å²) in [5, 5.41) is 2.20. The molecule has 2 atom stereocenters. The molecule has 2 N–H and O–H groups in total. The second-order valence-corrected chi connectivity index (χ2v) is 7.50. The molecule has 112 valence electrons. The van der Waals surface area contributed by atoms with E-state index >= 15 is 0 Å². The Labute approximate surface area is 126 Å². The first-order chi connectivity index (χ1) is 9.65. The number of aryl methyl sites for hydroxylation is 1. The zero-order chi connectivity index (χ0) is 14.1. The smallest absolute Gasteiger partial charge is 0.0594 e. The van der Waals surface area contributed by atoms with Crippen molar-refractivity contribution in [3.63, 3.8) is 0 Å². The predicted octanol–water partition coefficient (Wildman–Crippen LogP) is 2.47. The molecule has 3 nitrogen and oxygen atoms in total. The van der Waals surface area contributed by atoms with Gasteiger partial charge in [0, 0.05) is 43.6 Å². The average Bonchev–Trinajstić information content (AvgIpc) is 3.14. The topological polar surface area (TPSA) is 32.5 Å². The summed E-state index contributed by atoms with van der Waals surface area (Å²) in [4.78, 5) is 6.72. The Hall–Kier alpha value is -0.420. The predicted molar refractivity (Wildman–Crippen MR) is 86.2 cm³/mol. The third-order valence-electron chi connectivity index (χ3n) is 4.68. The van der Waals surface area contributed by atoms with Gasteiger partial charge in [-0.25, -0.2) is 0 Å². The van der Waals surface area contributed by atoms with Gasteiger partial charge in [0.1, 0.15) is 0 Å². The minimum absolute atomic E-state index is 0.197. The van der Waals surface area contributed by atoms with Crippen LogP contribution in [-0.2, 0) is 0 Å². The lowest BCUT2D eigenvalue weighted by atomic mass is 10.0. The molecule has 0 aromatic carbocycles. The summed E-state index contributed by atoms with van der Waals surface area (Å²) in [7, 11) is 0. The Balaban J connectivity index is 1.63. The monoisotopic (exact) mass is 293 g/mol. The van der Waals surface area contributed by atoms with Crippen molar-refractivity contribution >= 4 is 11.3 Å². The molecule has 0 radical (unpaired) electrons. The summed E-state index contributed by atoms with van der Waals surface area (Å²) in [6, 6.07) is 2.82. The van der Waals surface area contributed by atoms with Crippen molar-refractivity contribution in [1.29, 1.82) is 0 Å². The molecule has 2 aliphatic rings. The average molecular weight is 293 g/mol. The standard InChI is InChI=1S/C16H27N3S/c1-12-5-10-20-16(12)15(13(2)17)19-8-6-18(7-9-19)11-14-3-4-14/h5,10,13-15H,3-4,6-9,11,17H2,1-2H3. The third kappa shape index (κ3) is 3.25. The Morgan fingerprint density at radius 3 is 2.50 bits per heavy atom. The highest BCUT2D eigenvalue weighted by Gasteiger charge is 2.31. The Morgan fingerprint density at radius 1 is 1.30 bits per heavy atom. The molecule has 1 aromatic heterocycles. The first-order valence-corrected chi connectivity index (χ1v) is 8.79. The van der Waals surface area contributed by atoms with Gasteiger partial charge in [-0.05, 0) is 49.6 Å². The van der Waals surface area contributed by atoms with E-state index in [4.69, 9.17) is 5.73 Å². The van der Waals surface area contributed by atoms with Crippen LogP contribution in [0, 0.1) is 12.8 Å². The van der Waals surface area contributed by atoms with Crippen molar-refractivity contribution in [3.05, 3.63) is 21.9 Å². The number of nitrogens with two attached hydrogens (primary N) is 1. The molecule has 20 heavy (non-hydrogen) atoms. The summed E-state index contributed by atoms with van der Waals surface area (Å²) < 4.78 is 0. The number of rotatable bonds is 5. The highest BCUT2D eigenvalue weighted by molar-refractivity contribution is 7.10. The second-order valence-electron chi connectivity index (χ2n) is 6.55. The summed E-state index contributed by atoms with van der Waals surface area (Å²) in [6.07, 6.45) is 2.91. The van der Waals surface area contributed by atoms with Crippen LogP contribution >= 0.6 is 11.3 Å². The van der Waals surface area contributed by atoms with Crippen LogP contribution in [-0.4, -0.2) is 48.6 Å². The maximum absolute atomic E-state index is 6.30. The molecule has 1 saturated heterocycles. The highest BCUT2D eigenvalue weighted by Crippen LogP contribution is 2.33. The van der Waals surface area contributed by atoms with Crippen molar-refractivity contribution < 1.29 is 0 Å². The number of hydrogen-bond donors (Lipinski definition) is 1. The lowest BCUT2D eigenvalue weighted by Crippen LogP contribution is -2.51. The van der Waals surface area contributed by atoms with Crippen LogP contribution in [0.4, 0.5) is 0 Å². The SMILES string of the molecule is Cc1ccsc1C(C(C)N)N1CCN(CC2CC2)CC1. The van der Waals surface area contributed by atoms with Crippen molar-refractivity contribution in [1.82, 2.24) is 9.80 Å². The van der Waals surface area contributed by atoms with Crippen molar-refractivity contribution in [2.24, 2.45) is 11.7 Å². The molecular weight excluding hydrogens is 266 g/mol. The number of piperazine rings is 1. The third-order valence-corrected chi connectivity index (χ3v) is 5.77. The fourth-order valence-electron chi connectivity index (χ4n) is 3.31. The van der Waals surface area contributed by atoms with Crippen LogP contribution in [0.15, 0.2) is 11.4 Å². The van der Waals surface area contributed by atoms with E-state index in [2.05, 4.69) is 35.1 Å². The van der Waals surface area contributed by atoms with Crippen LogP contribution in [0.1, 0.15) is 36.2 Å². The number of nitrogens with zero attached hydrogens (tertiary/aromatic N) is 2. The van der Waals surface area contributed by atoms with E-state index < -0.39 is 0 Å². The van der Waals surface area contributed by atoms with Crippen molar-refractivity contribution in [3.8, 4) is 0 Å². The maximum Gasteiger partial charge on any atom is 0.0594 e. The molecule has 1 saturated carbocycles. The summed E-state index contributed by atoms with van der Waals surface area (Å²) in [5.74, 6) is 1.00. The van der Waals surface area contributed by atoms with Crippen molar-refractivity contribution in [2.45, 2.75) is 38.8 Å². The van der Waals surface area contributed by atoms with Crippen LogP contribution < -0.4 is 5.73 Å². The Kier molecular flexibility index (Phi) is 4.46. The molecule has 0 spiro atoms. The zero-order valence-corrected chi connectivity index (χ0v) is 13.5. The molecule has 3 rings (SSSR count). The number of thiophene rings is 1. The van der Waals surface area contributed by atoms with E-state index in [1.54, 1.807) is 0 Å². The molecular formula is C16H27N3S. The minimum Gasteiger partial charge on any atom is -0.326 e. The molecule has 2 heterocycles. The van der Waals surface area contributed by atoms with Gasteiger partial charge >= 0.3 is 0 Å².